The standard InChI is InChI=1S/C23H33N3O2/c1-19(27)25(17-13-20-7-3-2-4-8-20)18-14-23(28)24-21-9-11-22(12-10-21)26-15-5-6-16-26/h7,9-12H,2-6,8,13-18H2,1H3,(H,24,28). The smallest absolute Gasteiger partial charge is 0.226 e. The number of hydrogen-bond acceptors (Lipinski definition) is 3. The summed E-state index contributed by atoms with van der Waals surface area (Å²) < 4.78 is 0. The largest absolute Gasteiger partial charge is 0.372 e. The van der Waals surface area contributed by atoms with Crippen molar-refractivity contribution < 1.29 is 9.59 Å². The van der Waals surface area contributed by atoms with E-state index in [1.807, 2.05) is 12.1 Å². The van der Waals surface area contributed by atoms with Gasteiger partial charge in [0.25, 0.3) is 0 Å². The number of benzene rings is 1. The predicted octanol–water partition coefficient (Wildman–Crippen LogP) is 4.35. The third-order valence-corrected chi connectivity index (χ3v) is 5.76. The fourth-order valence-electron chi connectivity index (χ4n) is 4.03. The maximum Gasteiger partial charge on any atom is 0.226 e. The van der Waals surface area contributed by atoms with Gasteiger partial charge in [-0.3, -0.25) is 9.59 Å². The summed E-state index contributed by atoms with van der Waals surface area (Å²) in [5, 5.41) is 2.95. The minimum Gasteiger partial charge on any atom is -0.372 e. The van der Waals surface area contributed by atoms with Gasteiger partial charge >= 0.3 is 0 Å². The summed E-state index contributed by atoms with van der Waals surface area (Å²) in [7, 11) is 0. The summed E-state index contributed by atoms with van der Waals surface area (Å²) in [6, 6.07) is 8.06. The van der Waals surface area contributed by atoms with Crippen molar-refractivity contribution in [3.05, 3.63) is 35.9 Å². The Morgan fingerprint density at radius 3 is 2.43 bits per heavy atom. The van der Waals surface area contributed by atoms with Crippen LogP contribution >= 0.6 is 0 Å². The summed E-state index contributed by atoms with van der Waals surface area (Å²) in [4.78, 5) is 28.4. The highest BCUT2D eigenvalue weighted by Gasteiger charge is 2.14. The molecule has 1 aliphatic carbocycles. The number of carbonyl (C=O) groups excluding carboxylic acids is 2. The lowest BCUT2D eigenvalue weighted by atomic mass is 9.97. The van der Waals surface area contributed by atoms with E-state index >= 15 is 0 Å². The monoisotopic (exact) mass is 383 g/mol. The Balaban J connectivity index is 1.43. The average Bonchev–Trinajstić information content (AvgIpc) is 3.24. The summed E-state index contributed by atoms with van der Waals surface area (Å²) >= 11 is 0. The number of nitrogens with zero attached hydrogens (tertiary/aromatic N) is 2. The Morgan fingerprint density at radius 1 is 1.04 bits per heavy atom. The quantitative estimate of drug-likeness (QED) is 0.679. The zero-order chi connectivity index (χ0) is 19.8. The summed E-state index contributed by atoms with van der Waals surface area (Å²) in [5.74, 6) is -0.00349. The van der Waals surface area contributed by atoms with E-state index < -0.39 is 0 Å². The van der Waals surface area contributed by atoms with Crippen LogP contribution in [-0.2, 0) is 9.59 Å². The van der Waals surface area contributed by atoms with Gasteiger partial charge in [-0.15, -0.1) is 0 Å². The van der Waals surface area contributed by atoms with Crippen molar-refractivity contribution in [2.45, 2.75) is 58.3 Å². The molecule has 2 amide bonds. The van der Waals surface area contributed by atoms with Crippen LogP contribution in [0.1, 0.15) is 58.3 Å². The first-order valence-electron chi connectivity index (χ1n) is 10.7. The number of carbonyl (C=O) groups is 2. The molecule has 1 aromatic rings. The summed E-state index contributed by atoms with van der Waals surface area (Å²) in [5.41, 5.74) is 3.49. The van der Waals surface area contributed by atoms with Crippen LogP contribution in [0.5, 0.6) is 0 Å². The van der Waals surface area contributed by atoms with Crippen LogP contribution in [0.4, 0.5) is 11.4 Å². The van der Waals surface area contributed by atoms with Crippen molar-refractivity contribution in [2.24, 2.45) is 0 Å². The van der Waals surface area contributed by atoms with Crippen molar-refractivity contribution in [2.75, 3.05) is 36.4 Å². The van der Waals surface area contributed by atoms with Gasteiger partial charge in [-0.1, -0.05) is 11.6 Å². The maximum atomic E-state index is 12.3. The first-order chi connectivity index (χ1) is 13.6. The van der Waals surface area contributed by atoms with Crippen LogP contribution in [-0.4, -0.2) is 42.9 Å². The van der Waals surface area contributed by atoms with Gasteiger partial charge in [-0.25, -0.2) is 0 Å². The Morgan fingerprint density at radius 2 is 1.79 bits per heavy atom. The van der Waals surface area contributed by atoms with Crippen LogP contribution < -0.4 is 10.2 Å². The maximum absolute atomic E-state index is 12.3. The fraction of sp³-hybridized carbons (Fsp3) is 0.565. The van der Waals surface area contributed by atoms with Gasteiger partial charge in [-0.05, 0) is 69.2 Å². The molecular weight excluding hydrogens is 350 g/mol. The molecule has 1 heterocycles. The van der Waals surface area contributed by atoms with Crippen LogP contribution in [0, 0.1) is 0 Å². The van der Waals surface area contributed by atoms with Gasteiger partial charge in [0, 0.05) is 50.9 Å². The second-order valence-electron chi connectivity index (χ2n) is 7.90. The van der Waals surface area contributed by atoms with E-state index in [1.165, 1.54) is 36.9 Å². The molecule has 0 saturated carbocycles. The molecule has 0 atom stereocenters. The number of nitrogens with one attached hydrogen (secondary N) is 1. The Hall–Kier alpha value is -2.30. The van der Waals surface area contributed by atoms with Crippen molar-refractivity contribution in [1.29, 1.82) is 0 Å². The van der Waals surface area contributed by atoms with E-state index in [-0.39, 0.29) is 11.8 Å². The molecule has 2 aliphatic rings. The first kappa shape index (κ1) is 20.4. The lowest BCUT2D eigenvalue weighted by Crippen LogP contribution is -2.33. The Kier molecular flexibility index (Phi) is 7.52. The molecule has 3 rings (SSSR count). The zero-order valence-electron chi connectivity index (χ0n) is 17.1. The molecule has 1 N–H and O–H groups in total. The van der Waals surface area contributed by atoms with Crippen LogP contribution in [0.3, 0.4) is 0 Å². The van der Waals surface area contributed by atoms with E-state index in [0.29, 0.717) is 19.5 Å². The van der Waals surface area contributed by atoms with Crippen LogP contribution in [0.15, 0.2) is 35.9 Å². The lowest BCUT2D eigenvalue weighted by Gasteiger charge is -2.22. The van der Waals surface area contributed by atoms with Gasteiger partial charge in [0.15, 0.2) is 0 Å². The number of anilines is 2. The topological polar surface area (TPSA) is 52.7 Å². The molecular formula is C23H33N3O2. The highest BCUT2D eigenvalue weighted by Crippen LogP contribution is 2.22. The number of hydrogen-bond donors (Lipinski definition) is 1. The molecule has 0 unspecified atom stereocenters. The molecule has 5 nitrogen and oxygen atoms in total. The average molecular weight is 384 g/mol. The molecule has 28 heavy (non-hydrogen) atoms. The Labute approximate surface area is 168 Å². The predicted molar refractivity (Wildman–Crippen MR) is 115 cm³/mol. The third kappa shape index (κ3) is 6.11. The number of rotatable bonds is 8. The van der Waals surface area contributed by atoms with E-state index in [2.05, 4.69) is 28.4 Å². The van der Waals surface area contributed by atoms with Crippen molar-refractivity contribution in [3.63, 3.8) is 0 Å². The molecule has 1 aromatic carbocycles. The fourth-order valence-corrected chi connectivity index (χ4v) is 4.03. The van der Waals surface area contributed by atoms with Gasteiger partial charge in [0.2, 0.25) is 11.8 Å². The highest BCUT2D eigenvalue weighted by atomic mass is 16.2. The zero-order valence-corrected chi connectivity index (χ0v) is 17.1. The molecule has 1 aliphatic heterocycles. The van der Waals surface area contributed by atoms with Gasteiger partial charge in [0.05, 0.1) is 0 Å². The van der Waals surface area contributed by atoms with Crippen molar-refractivity contribution in [3.8, 4) is 0 Å². The molecule has 0 bridgehead atoms. The van der Waals surface area contributed by atoms with Crippen LogP contribution in [0.2, 0.25) is 0 Å². The molecule has 1 saturated heterocycles. The SMILES string of the molecule is CC(=O)N(CCC(=O)Nc1ccc(N2CCCC2)cc1)CCC1=CCCCC1. The second-order valence-corrected chi connectivity index (χ2v) is 7.90. The molecule has 5 heteroatoms. The number of amides is 2. The van der Waals surface area contributed by atoms with E-state index in [1.54, 1.807) is 11.8 Å². The molecule has 0 aromatic heterocycles. The third-order valence-electron chi connectivity index (χ3n) is 5.76. The minimum atomic E-state index is -0.0444. The van der Waals surface area contributed by atoms with Crippen molar-refractivity contribution >= 4 is 23.2 Å². The lowest BCUT2D eigenvalue weighted by molar-refractivity contribution is -0.129. The van der Waals surface area contributed by atoms with Crippen molar-refractivity contribution in [1.82, 2.24) is 4.90 Å². The van der Waals surface area contributed by atoms with Gasteiger partial charge in [-0.2, -0.15) is 0 Å². The second kappa shape index (κ2) is 10.3. The molecule has 1 fully saturated rings. The molecule has 152 valence electrons. The first-order valence-corrected chi connectivity index (χ1v) is 10.7. The number of allylic oxidation sites excluding steroid dienone is 1. The summed E-state index contributed by atoms with van der Waals surface area (Å²) in [6.07, 6.45) is 10.9. The van der Waals surface area contributed by atoms with Gasteiger partial charge in [0.1, 0.15) is 0 Å². The molecule has 0 radical (unpaired) electrons. The molecule has 0 spiro atoms. The Bertz CT molecular complexity index is 690. The van der Waals surface area contributed by atoms with Crippen LogP contribution in [0.25, 0.3) is 0 Å². The highest BCUT2D eigenvalue weighted by molar-refractivity contribution is 5.91. The minimum absolute atomic E-state index is 0.0409. The van der Waals surface area contributed by atoms with Gasteiger partial charge < -0.3 is 15.1 Å². The van der Waals surface area contributed by atoms with E-state index in [4.69, 9.17) is 0 Å². The van der Waals surface area contributed by atoms with E-state index in [9.17, 15) is 9.59 Å². The normalized spacial score (nSPS) is 16.6. The summed E-state index contributed by atoms with van der Waals surface area (Å²) in [6.45, 7) is 5.00. The van der Waals surface area contributed by atoms with E-state index in [0.717, 1.165) is 38.0 Å².